The molecule has 2 aromatic rings. The highest BCUT2D eigenvalue weighted by molar-refractivity contribution is 5.81. The van der Waals surface area contributed by atoms with Gasteiger partial charge in [-0.1, -0.05) is 0 Å². The number of hydrogen-bond acceptors (Lipinski definition) is 9. The third kappa shape index (κ3) is 1.81. The standard InChI is InChI=1S/C10H14N6O4/c1-11-8-5-9(14-15-13-8)16(3-12-5)10-7(19)6(18)4(2-17)20-10/h3-4,6-7,10,17-19H,2H2,1H3,(H,11,13,14)/t4-,6-,7-,10-/m1/s1. The van der Waals surface area contributed by atoms with Crippen LogP contribution >= 0.6 is 0 Å². The predicted molar refractivity (Wildman–Crippen MR) is 65.7 cm³/mol. The molecule has 1 saturated heterocycles. The minimum Gasteiger partial charge on any atom is -0.394 e. The summed E-state index contributed by atoms with van der Waals surface area (Å²) in [7, 11) is 1.68. The molecule has 20 heavy (non-hydrogen) atoms. The molecule has 0 saturated carbocycles. The smallest absolute Gasteiger partial charge is 0.190 e. The molecule has 3 heterocycles. The molecule has 0 radical (unpaired) electrons. The highest BCUT2D eigenvalue weighted by Gasteiger charge is 2.44. The zero-order valence-corrected chi connectivity index (χ0v) is 10.6. The minimum absolute atomic E-state index is 0.360. The van der Waals surface area contributed by atoms with E-state index in [2.05, 4.69) is 25.7 Å². The van der Waals surface area contributed by atoms with Crippen molar-refractivity contribution in [3.05, 3.63) is 6.33 Å². The van der Waals surface area contributed by atoms with Crippen molar-refractivity contribution < 1.29 is 20.1 Å². The Hall–Kier alpha value is -1.88. The summed E-state index contributed by atoms with van der Waals surface area (Å²) < 4.78 is 6.88. The van der Waals surface area contributed by atoms with Crippen LogP contribution in [-0.2, 0) is 4.74 Å². The molecule has 4 atom stereocenters. The van der Waals surface area contributed by atoms with Crippen LogP contribution in [0.1, 0.15) is 6.23 Å². The summed E-state index contributed by atoms with van der Waals surface area (Å²) in [5.41, 5.74) is 0.833. The maximum Gasteiger partial charge on any atom is 0.190 e. The number of ether oxygens (including phenoxy) is 1. The molecular weight excluding hydrogens is 268 g/mol. The first kappa shape index (κ1) is 13.1. The first-order valence-corrected chi connectivity index (χ1v) is 6.03. The maximum absolute atomic E-state index is 10.0. The van der Waals surface area contributed by atoms with Gasteiger partial charge in [-0.25, -0.2) is 4.98 Å². The summed E-state index contributed by atoms with van der Waals surface area (Å²) in [6.45, 7) is -0.393. The number of nitrogens with one attached hydrogen (secondary N) is 1. The average molecular weight is 282 g/mol. The number of anilines is 1. The summed E-state index contributed by atoms with van der Waals surface area (Å²) in [5, 5.41) is 43.0. The Balaban J connectivity index is 2.03. The minimum atomic E-state index is -1.20. The lowest BCUT2D eigenvalue weighted by Crippen LogP contribution is -2.33. The molecule has 2 aromatic heterocycles. The topological polar surface area (TPSA) is 138 Å². The second-order valence-corrected chi connectivity index (χ2v) is 4.44. The zero-order chi connectivity index (χ0) is 14.3. The Morgan fingerprint density at radius 1 is 1.35 bits per heavy atom. The van der Waals surface area contributed by atoms with Crippen LogP contribution in [0.25, 0.3) is 11.2 Å². The fraction of sp³-hybridized carbons (Fsp3) is 0.600. The molecule has 3 rings (SSSR count). The van der Waals surface area contributed by atoms with Crippen LogP contribution in [0.15, 0.2) is 6.33 Å². The van der Waals surface area contributed by atoms with Gasteiger partial charge < -0.3 is 25.4 Å². The summed E-state index contributed by atoms with van der Waals surface area (Å²) in [6.07, 6.45) is -2.71. The highest BCUT2D eigenvalue weighted by atomic mass is 16.6. The quantitative estimate of drug-likeness (QED) is 0.497. The van der Waals surface area contributed by atoms with Crippen molar-refractivity contribution in [3.63, 3.8) is 0 Å². The van der Waals surface area contributed by atoms with Crippen LogP contribution in [0.3, 0.4) is 0 Å². The second-order valence-electron chi connectivity index (χ2n) is 4.44. The van der Waals surface area contributed by atoms with Crippen LogP contribution in [0.2, 0.25) is 0 Å². The van der Waals surface area contributed by atoms with Crippen LogP contribution in [0.5, 0.6) is 0 Å². The Kier molecular flexibility index (Phi) is 3.22. The van der Waals surface area contributed by atoms with Gasteiger partial charge in [0.25, 0.3) is 0 Å². The lowest BCUT2D eigenvalue weighted by atomic mass is 10.1. The predicted octanol–water partition coefficient (Wildman–Crippen LogP) is -2.13. The summed E-state index contributed by atoms with van der Waals surface area (Å²) >= 11 is 0. The van der Waals surface area contributed by atoms with Gasteiger partial charge in [0.1, 0.15) is 18.3 Å². The van der Waals surface area contributed by atoms with E-state index >= 15 is 0 Å². The van der Waals surface area contributed by atoms with Crippen molar-refractivity contribution in [1.82, 2.24) is 25.0 Å². The van der Waals surface area contributed by atoms with Gasteiger partial charge in [0.2, 0.25) is 0 Å². The van der Waals surface area contributed by atoms with E-state index in [0.717, 1.165) is 0 Å². The van der Waals surface area contributed by atoms with Gasteiger partial charge in [-0.2, -0.15) is 0 Å². The summed E-state index contributed by atoms with van der Waals surface area (Å²) in [4.78, 5) is 4.14. The molecule has 0 aliphatic carbocycles. The molecule has 108 valence electrons. The fourth-order valence-electron chi connectivity index (χ4n) is 2.24. The van der Waals surface area contributed by atoms with Gasteiger partial charge in [-0.3, -0.25) is 4.57 Å². The Labute approximate surface area is 113 Å². The van der Waals surface area contributed by atoms with Crippen molar-refractivity contribution in [2.75, 3.05) is 19.0 Å². The van der Waals surface area contributed by atoms with E-state index in [0.29, 0.717) is 17.0 Å². The number of fused-ring (bicyclic) bond motifs is 1. The van der Waals surface area contributed by atoms with E-state index in [9.17, 15) is 10.2 Å². The molecular formula is C10H14N6O4. The number of hydrogen-bond donors (Lipinski definition) is 4. The van der Waals surface area contributed by atoms with Gasteiger partial charge in [0.05, 0.1) is 12.9 Å². The normalized spacial score (nSPS) is 30.0. The van der Waals surface area contributed by atoms with Gasteiger partial charge in [0, 0.05) is 7.05 Å². The Morgan fingerprint density at radius 3 is 2.80 bits per heavy atom. The molecule has 4 N–H and O–H groups in total. The monoisotopic (exact) mass is 282 g/mol. The van der Waals surface area contributed by atoms with Crippen LogP contribution in [0, 0.1) is 0 Å². The van der Waals surface area contributed by atoms with Crippen molar-refractivity contribution in [3.8, 4) is 0 Å². The molecule has 0 aromatic carbocycles. The number of aliphatic hydroxyl groups is 3. The fourth-order valence-corrected chi connectivity index (χ4v) is 2.24. The van der Waals surface area contributed by atoms with Crippen LogP contribution < -0.4 is 5.32 Å². The van der Waals surface area contributed by atoms with Gasteiger partial charge in [0.15, 0.2) is 23.2 Å². The molecule has 1 fully saturated rings. The molecule has 10 heteroatoms. The Bertz CT molecular complexity index is 619. The highest BCUT2D eigenvalue weighted by Crippen LogP contribution is 2.31. The van der Waals surface area contributed by atoms with E-state index in [1.165, 1.54) is 10.9 Å². The summed E-state index contributed by atoms with van der Waals surface area (Å²) in [6, 6.07) is 0. The van der Waals surface area contributed by atoms with E-state index in [1.807, 2.05) is 0 Å². The maximum atomic E-state index is 10.0. The molecule has 0 amide bonds. The molecule has 10 nitrogen and oxygen atoms in total. The first-order valence-electron chi connectivity index (χ1n) is 6.03. The summed E-state index contributed by atoms with van der Waals surface area (Å²) in [5.74, 6) is 0.445. The lowest BCUT2D eigenvalue weighted by Gasteiger charge is -2.16. The third-order valence-corrected chi connectivity index (χ3v) is 3.30. The zero-order valence-electron chi connectivity index (χ0n) is 10.6. The van der Waals surface area contributed by atoms with Crippen molar-refractivity contribution in [1.29, 1.82) is 0 Å². The number of aliphatic hydroxyl groups excluding tert-OH is 3. The SMILES string of the molecule is CNc1nnnc2c1ncn2[C@@H]1O[C@H](CO)[C@@H](O)[C@H]1O. The third-order valence-electron chi connectivity index (χ3n) is 3.30. The van der Waals surface area contributed by atoms with E-state index in [-0.39, 0.29) is 0 Å². The number of aromatic nitrogens is 5. The number of imidazole rings is 1. The lowest BCUT2D eigenvalue weighted by molar-refractivity contribution is -0.0511. The van der Waals surface area contributed by atoms with E-state index in [4.69, 9.17) is 9.84 Å². The second kappa shape index (κ2) is 4.90. The number of rotatable bonds is 3. The van der Waals surface area contributed by atoms with Gasteiger partial charge in [-0.05, 0) is 5.21 Å². The van der Waals surface area contributed by atoms with Crippen LogP contribution in [-0.4, -0.2) is 72.2 Å². The number of nitrogens with zero attached hydrogens (tertiary/aromatic N) is 5. The Morgan fingerprint density at radius 2 is 2.15 bits per heavy atom. The van der Waals surface area contributed by atoms with Gasteiger partial charge in [-0.15, -0.1) is 10.2 Å². The van der Waals surface area contributed by atoms with E-state index in [1.54, 1.807) is 7.05 Å². The van der Waals surface area contributed by atoms with Crippen molar-refractivity contribution >= 4 is 17.0 Å². The van der Waals surface area contributed by atoms with Crippen LogP contribution in [0.4, 0.5) is 5.82 Å². The molecule has 0 unspecified atom stereocenters. The van der Waals surface area contributed by atoms with Crippen molar-refractivity contribution in [2.45, 2.75) is 24.5 Å². The molecule has 0 bridgehead atoms. The largest absolute Gasteiger partial charge is 0.394 e. The first-order chi connectivity index (χ1) is 9.67. The average Bonchev–Trinajstić information content (AvgIpc) is 3.01. The molecule has 0 spiro atoms. The molecule has 1 aliphatic rings. The molecule has 1 aliphatic heterocycles. The van der Waals surface area contributed by atoms with Gasteiger partial charge >= 0.3 is 0 Å². The van der Waals surface area contributed by atoms with Crippen molar-refractivity contribution in [2.24, 2.45) is 0 Å². The van der Waals surface area contributed by atoms with E-state index < -0.39 is 31.1 Å².